The number of rotatable bonds is 7. The Morgan fingerprint density at radius 1 is 1.12 bits per heavy atom. The van der Waals surface area contributed by atoms with Gasteiger partial charge in [0.25, 0.3) is 0 Å². The molecule has 220 valence electrons. The lowest BCUT2D eigenvalue weighted by atomic mass is 9.49. The first-order valence-electron chi connectivity index (χ1n) is 13.3. The van der Waals surface area contributed by atoms with Crippen molar-refractivity contribution in [2.45, 2.75) is 83.9 Å². The molecule has 0 aromatic rings. The summed E-state index contributed by atoms with van der Waals surface area (Å²) in [5, 5.41) is 12.1. The number of epoxide rings is 1. The second-order valence-electron chi connectivity index (χ2n) is 12.2. The number of carbonyl (C=O) groups is 5. The summed E-state index contributed by atoms with van der Waals surface area (Å²) >= 11 is 0. The first-order valence-corrected chi connectivity index (χ1v) is 13.3. The van der Waals surface area contributed by atoms with E-state index in [4.69, 9.17) is 23.7 Å². The fourth-order valence-corrected chi connectivity index (χ4v) is 7.91. The summed E-state index contributed by atoms with van der Waals surface area (Å²) in [5.74, 6) is -5.16. The largest absolute Gasteiger partial charge is 0.469 e. The molecular formula is C29H38O11. The van der Waals surface area contributed by atoms with Gasteiger partial charge in [-0.1, -0.05) is 26.5 Å². The van der Waals surface area contributed by atoms with Crippen molar-refractivity contribution in [1.29, 1.82) is 0 Å². The van der Waals surface area contributed by atoms with E-state index in [1.807, 2.05) is 0 Å². The summed E-state index contributed by atoms with van der Waals surface area (Å²) in [6, 6.07) is 0. The smallest absolute Gasteiger partial charge is 0.330 e. The minimum atomic E-state index is -1.42. The second-order valence-corrected chi connectivity index (χ2v) is 12.2. The van der Waals surface area contributed by atoms with Crippen molar-refractivity contribution in [3.8, 4) is 0 Å². The van der Waals surface area contributed by atoms with Crippen molar-refractivity contribution >= 4 is 29.7 Å². The van der Waals surface area contributed by atoms with E-state index in [1.54, 1.807) is 33.8 Å². The van der Waals surface area contributed by atoms with Crippen molar-refractivity contribution in [2.75, 3.05) is 13.7 Å². The Hall–Kier alpha value is -3.05. The first kappa shape index (κ1) is 29.9. The average molecular weight is 563 g/mol. The van der Waals surface area contributed by atoms with Crippen LogP contribution < -0.4 is 0 Å². The van der Waals surface area contributed by atoms with Gasteiger partial charge in [-0.2, -0.15) is 0 Å². The Kier molecular flexibility index (Phi) is 7.33. The highest BCUT2D eigenvalue weighted by molar-refractivity contribution is 5.86. The van der Waals surface area contributed by atoms with Crippen molar-refractivity contribution in [2.24, 2.45) is 28.6 Å². The Bertz CT molecular complexity index is 1190. The fraction of sp³-hybridized carbons (Fsp3) is 0.690. The Morgan fingerprint density at radius 2 is 1.77 bits per heavy atom. The monoisotopic (exact) mass is 562 g/mol. The molecule has 1 saturated heterocycles. The maximum Gasteiger partial charge on any atom is 0.330 e. The molecule has 3 fully saturated rings. The molecule has 1 spiro atoms. The highest BCUT2D eigenvalue weighted by atomic mass is 16.6. The highest BCUT2D eigenvalue weighted by Gasteiger charge is 2.84. The minimum absolute atomic E-state index is 0.150. The van der Waals surface area contributed by atoms with E-state index in [0.717, 1.165) is 0 Å². The number of hydrogen-bond acceptors (Lipinski definition) is 11. The molecule has 0 aromatic heterocycles. The van der Waals surface area contributed by atoms with Crippen molar-refractivity contribution in [1.82, 2.24) is 0 Å². The van der Waals surface area contributed by atoms with Gasteiger partial charge in [-0.05, 0) is 25.8 Å². The van der Waals surface area contributed by atoms with Crippen molar-refractivity contribution in [3.63, 3.8) is 0 Å². The third-order valence-electron chi connectivity index (χ3n) is 9.71. The summed E-state index contributed by atoms with van der Waals surface area (Å²) in [6.45, 7) is 13.2. The topological polar surface area (TPSA) is 155 Å². The molecule has 11 heteroatoms. The molecule has 0 aromatic carbocycles. The highest BCUT2D eigenvalue weighted by Crippen LogP contribution is 2.74. The SMILES string of the molecule is C=C1[C@@H]([C@@]2(C)C=CC(=O)OC(C)(C)[C@@H]2CC(=O)OC)[C@@H](OC(C)=O)[C@H](O)[C@@]2(C)[C@H](C(=O)COC(C)=O)C[C@H]3O[C@]132. The summed E-state index contributed by atoms with van der Waals surface area (Å²) in [4.78, 5) is 62.3. The van der Waals surface area contributed by atoms with Gasteiger partial charge < -0.3 is 28.8 Å². The maximum absolute atomic E-state index is 13.3. The van der Waals surface area contributed by atoms with Crippen LogP contribution in [0.2, 0.25) is 0 Å². The third kappa shape index (κ3) is 4.29. The van der Waals surface area contributed by atoms with E-state index in [1.165, 1.54) is 27.0 Å². The molecule has 2 aliphatic carbocycles. The zero-order chi connectivity index (χ0) is 30.0. The van der Waals surface area contributed by atoms with E-state index in [-0.39, 0.29) is 18.6 Å². The van der Waals surface area contributed by atoms with Crippen LogP contribution >= 0.6 is 0 Å². The number of ketones is 1. The van der Waals surface area contributed by atoms with Gasteiger partial charge in [-0.3, -0.25) is 19.2 Å². The molecule has 2 aliphatic heterocycles. The molecule has 4 rings (SSSR count). The van der Waals surface area contributed by atoms with Crippen LogP contribution in [0.1, 0.15) is 54.4 Å². The quantitative estimate of drug-likeness (QED) is 0.209. The Morgan fingerprint density at radius 3 is 2.35 bits per heavy atom. The second kappa shape index (κ2) is 9.80. The van der Waals surface area contributed by atoms with Gasteiger partial charge in [0, 0.05) is 48.5 Å². The van der Waals surface area contributed by atoms with E-state index >= 15 is 0 Å². The van der Waals surface area contributed by atoms with E-state index in [9.17, 15) is 29.1 Å². The van der Waals surface area contributed by atoms with Crippen LogP contribution in [0, 0.1) is 28.6 Å². The fourth-order valence-electron chi connectivity index (χ4n) is 7.91. The number of methoxy groups -OCH3 is 1. The summed E-state index contributed by atoms with van der Waals surface area (Å²) < 4.78 is 27.7. The van der Waals surface area contributed by atoms with Crippen LogP contribution in [0.25, 0.3) is 0 Å². The van der Waals surface area contributed by atoms with E-state index in [2.05, 4.69) is 6.58 Å². The van der Waals surface area contributed by atoms with Crippen LogP contribution in [0.4, 0.5) is 0 Å². The Balaban J connectivity index is 1.87. The summed E-state index contributed by atoms with van der Waals surface area (Å²) in [7, 11) is 1.26. The minimum Gasteiger partial charge on any atom is -0.469 e. The normalized spacial score (nSPS) is 41.1. The molecule has 11 nitrogen and oxygen atoms in total. The van der Waals surface area contributed by atoms with E-state index < -0.39 is 88.6 Å². The molecule has 1 N–H and O–H groups in total. The zero-order valence-electron chi connectivity index (χ0n) is 24.0. The average Bonchev–Trinajstić information content (AvgIpc) is 3.54. The number of aliphatic hydroxyl groups excluding tert-OH is 1. The lowest BCUT2D eigenvalue weighted by Crippen LogP contribution is -2.66. The molecule has 0 amide bonds. The molecule has 40 heavy (non-hydrogen) atoms. The molecule has 4 aliphatic rings. The molecule has 0 bridgehead atoms. The van der Waals surface area contributed by atoms with Gasteiger partial charge in [-0.15, -0.1) is 0 Å². The number of Topliss-reactive ketones (excluding diaryl/α,β-unsaturated/α-hetero) is 1. The molecule has 2 heterocycles. The van der Waals surface area contributed by atoms with Crippen LogP contribution in [0.5, 0.6) is 0 Å². The predicted molar refractivity (Wildman–Crippen MR) is 137 cm³/mol. The van der Waals surface area contributed by atoms with Gasteiger partial charge >= 0.3 is 23.9 Å². The first-order chi connectivity index (χ1) is 18.5. The van der Waals surface area contributed by atoms with Crippen molar-refractivity contribution < 1.29 is 52.8 Å². The number of aliphatic hydroxyl groups is 1. The zero-order valence-corrected chi connectivity index (χ0v) is 24.0. The number of esters is 4. The van der Waals surface area contributed by atoms with Gasteiger partial charge in [0.05, 0.1) is 19.6 Å². The predicted octanol–water partition coefficient (Wildman–Crippen LogP) is 1.84. The van der Waals surface area contributed by atoms with Gasteiger partial charge in [0.2, 0.25) is 0 Å². The number of hydrogen-bond donors (Lipinski definition) is 1. The lowest BCUT2D eigenvalue weighted by molar-refractivity contribution is -0.200. The summed E-state index contributed by atoms with van der Waals surface area (Å²) in [5.41, 5.74) is -4.28. The van der Waals surface area contributed by atoms with Crippen LogP contribution in [0.3, 0.4) is 0 Å². The van der Waals surface area contributed by atoms with Crippen LogP contribution in [-0.2, 0) is 47.7 Å². The molecule has 2 saturated carbocycles. The number of allylic oxidation sites excluding steroid dienone is 1. The maximum atomic E-state index is 13.3. The van der Waals surface area contributed by atoms with Crippen molar-refractivity contribution in [3.05, 3.63) is 24.3 Å². The molecule has 0 radical (unpaired) electrons. The molecule has 0 unspecified atom stereocenters. The van der Waals surface area contributed by atoms with Crippen LogP contribution in [-0.4, -0.2) is 78.0 Å². The third-order valence-corrected chi connectivity index (χ3v) is 9.71. The van der Waals surface area contributed by atoms with Gasteiger partial charge in [-0.25, -0.2) is 4.79 Å². The molecule has 9 atom stereocenters. The number of ether oxygens (including phenoxy) is 5. The number of carbonyl (C=O) groups excluding carboxylic acids is 5. The van der Waals surface area contributed by atoms with E-state index in [0.29, 0.717) is 5.57 Å². The lowest BCUT2D eigenvalue weighted by Gasteiger charge is -2.57. The standard InChI is InChI=1S/C29H38O11/c1-14-23(27(6)10-9-21(33)40-26(4,5)19(27)12-22(34)36-8)24(38-16(3)31)25(35)28(7)17(11-20-29(14,28)39-20)18(32)13-37-15(2)30/h9-10,17,19-20,23-25,35H,1,11-13H2,2-8H3/t17-,19-,20+,23+,24+,25-,27-,28+,29+/m0/s1. The Labute approximate surface area is 233 Å². The van der Waals surface area contributed by atoms with Crippen LogP contribution in [0.15, 0.2) is 24.3 Å². The van der Waals surface area contributed by atoms with Gasteiger partial charge in [0.1, 0.15) is 30.0 Å². The summed E-state index contributed by atoms with van der Waals surface area (Å²) in [6.07, 6.45) is -0.134. The van der Waals surface area contributed by atoms with Gasteiger partial charge in [0.15, 0.2) is 5.78 Å². The molecular weight excluding hydrogens is 524 g/mol. The number of cyclic esters (lactones) is 1.